The van der Waals surface area contributed by atoms with Gasteiger partial charge < -0.3 is 25.3 Å². The van der Waals surface area contributed by atoms with Crippen LogP contribution < -0.4 is 20.4 Å². The van der Waals surface area contributed by atoms with Crippen LogP contribution in [-0.2, 0) is 0 Å². The van der Waals surface area contributed by atoms with E-state index >= 15 is 0 Å². The van der Waals surface area contributed by atoms with E-state index in [1.54, 1.807) is 31.4 Å². The maximum Gasteiger partial charge on any atom is 0.317 e. The minimum absolute atomic E-state index is 0.0597. The molecule has 9 nitrogen and oxygen atoms in total. The van der Waals surface area contributed by atoms with E-state index in [0.29, 0.717) is 11.7 Å². The highest BCUT2D eigenvalue weighted by molar-refractivity contribution is 5.74. The number of piperidine rings is 2. The van der Waals surface area contributed by atoms with Gasteiger partial charge in [0.05, 0.1) is 12.4 Å². The second kappa shape index (κ2) is 11.5. The molecule has 4 heterocycles. The maximum atomic E-state index is 12.1. The van der Waals surface area contributed by atoms with Crippen LogP contribution in [0, 0.1) is 0 Å². The van der Waals surface area contributed by atoms with Crippen LogP contribution in [0.4, 0.5) is 27.9 Å². The van der Waals surface area contributed by atoms with Crippen LogP contribution in [0.25, 0.3) is 0 Å². The second-order valence-electron chi connectivity index (χ2n) is 10.1. The van der Waals surface area contributed by atoms with Gasteiger partial charge >= 0.3 is 6.03 Å². The zero-order chi connectivity index (χ0) is 25.6. The lowest BCUT2D eigenvalue weighted by Crippen LogP contribution is -2.50. The van der Waals surface area contributed by atoms with Gasteiger partial charge in [-0.2, -0.15) is 0 Å². The summed E-state index contributed by atoms with van der Waals surface area (Å²) in [6, 6.07) is 14.9. The van der Waals surface area contributed by atoms with Crippen LogP contribution in [-0.4, -0.2) is 72.2 Å². The third-order valence-corrected chi connectivity index (χ3v) is 7.22. The number of rotatable bonds is 6. The Bertz CT molecular complexity index is 1160. The molecule has 0 bridgehead atoms. The lowest BCUT2D eigenvalue weighted by atomic mass is 9.89. The van der Waals surface area contributed by atoms with Crippen LogP contribution in [0.2, 0.25) is 0 Å². The summed E-state index contributed by atoms with van der Waals surface area (Å²) in [6.07, 6.45) is 9.63. The van der Waals surface area contributed by atoms with Crippen LogP contribution in [0.5, 0.6) is 0 Å². The Morgan fingerprint density at radius 3 is 2.49 bits per heavy atom. The molecule has 2 aromatic heterocycles. The van der Waals surface area contributed by atoms with E-state index in [2.05, 4.69) is 66.8 Å². The number of aromatic nitrogens is 3. The summed E-state index contributed by atoms with van der Waals surface area (Å²) >= 11 is 0. The van der Waals surface area contributed by atoms with Crippen molar-refractivity contribution in [2.75, 3.05) is 55.4 Å². The van der Waals surface area contributed by atoms with Gasteiger partial charge in [-0.05, 0) is 61.4 Å². The van der Waals surface area contributed by atoms with Crippen molar-refractivity contribution in [2.45, 2.75) is 37.6 Å². The van der Waals surface area contributed by atoms with Gasteiger partial charge in [-0.15, -0.1) is 0 Å². The second-order valence-corrected chi connectivity index (χ2v) is 10.1. The lowest BCUT2D eigenvalue weighted by molar-refractivity contribution is 0.211. The smallest absolute Gasteiger partial charge is 0.317 e. The number of urea groups is 1. The third kappa shape index (κ3) is 6.28. The van der Waals surface area contributed by atoms with Crippen LogP contribution in [0.15, 0.2) is 61.1 Å². The number of nitrogens with one attached hydrogen (secondary N) is 2. The normalized spacial score (nSPS) is 18.4. The maximum absolute atomic E-state index is 12.1. The van der Waals surface area contributed by atoms with Gasteiger partial charge in [-0.25, -0.2) is 14.8 Å². The molecule has 0 unspecified atom stereocenters. The molecule has 2 amide bonds. The van der Waals surface area contributed by atoms with Crippen LogP contribution in [0.3, 0.4) is 0 Å². The molecule has 0 saturated carbocycles. The summed E-state index contributed by atoms with van der Waals surface area (Å²) in [7, 11) is 3.52. The van der Waals surface area contributed by atoms with Gasteiger partial charge in [0, 0.05) is 58.2 Å². The largest absolute Gasteiger partial charge is 0.357 e. The van der Waals surface area contributed by atoms with E-state index in [-0.39, 0.29) is 12.1 Å². The zero-order valence-electron chi connectivity index (χ0n) is 21.7. The first kappa shape index (κ1) is 24.8. The lowest BCUT2D eigenvalue weighted by Gasteiger charge is -2.34. The van der Waals surface area contributed by atoms with Gasteiger partial charge in [0.25, 0.3) is 0 Å². The van der Waals surface area contributed by atoms with Gasteiger partial charge in [-0.1, -0.05) is 18.2 Å². The summed E-state index contributed by atoms with van der Waals surface area (Å²) < 4.78 is 0. The Morgan fingerprint density at radius 1 is 0.946 bits per heavy atom. The first-order valence-electron chi connectivity index (χ1n) is 13.1. The monoisotopic (exact) mass is 500 g/mol. The highest BCUT2D eigenvalue weighted by Crippen LogP contribution is 2.31. The van der Waals surface area contributed by atoms with Gasteiger partial charge in [0.1, 0.15) is 11.6 Å². The molecule has 9 heteroatoms. The zero-order valence-corrected chi connectivity index (χ0v) is 21.7. The summed E-state index contributed by atoms with van der Waals surface area (Å²) in [6.45, 7) is 3.69. The molecule has 0 aliphatic carbocycles. The van der Waals surface area contributed by atoms with Gasteiger partial charge in [0.15, 0.2) is 5.82 Å². The number of nitrogens with zero attached hydrogens (tertiary/aromatic N) is 6. The number of carbonyl (C=O) groups is 1. The number of amides is 2. The average Bonchev–Trinajstić information content (AvgIpc) is 2.94. The molecule has 2 fully saturated rings. The molecule has 2 N–H and O–H groups in total. The van der Waals surface area contributed by atoms with Crippen molar-refractivity contribution in [2.24, 2.45) is 0 Å². The summed E-state index contributed by atoms with van der Waals surface area (Å²) in [5.41, 5.74) is 2.38. The summed E-state index contributed by atoms with van der Waals surface area (Å²) in [5.74, 6) is 3.18. The predicted octanol–water partition coefficient (Wildman–Crippen LogP) is 4.24. The van der Waals surface area contributed by atoms with Crippen molar-refractivity contribution in [1.82, 2.24) is 25.2 Å². The van der Waals surface area contributed by atoms with Crippen molar-refractivity contribution in [3.05, 3.63) is 66.6 Å². The Morgan fingerprint density at radius 2 is 1.76 bits per heavy atom. The first-order valence-corrected chi connectivity index (χ1v) is 13.1. The topological polar surface area (TPSA) is 89.5 Å². The predicted molar refractivity (Wildman–Crippen MR) is 148 cm³/mol. The minimum atomic E-state index is -0.0597. The van der Waals surface area contributed by atoms with Gasteiger partial charge in [0.2, 0.25) is 0 Å². The standard InChI is InChI=1S/C28H36N8O/c1-34(2)28(37)32-24-6-5-15-36(20-24)27-19-29-18-25(33-27)31-23-10-8-21(9-11-23)22-12-16-35(17-13-22)26-7-3-4-14-30-26/h3-4,7-11,14,18-19,22,24H,5-6,12-13,15-17,20H2,1-2H3,(H,31,33)(H,32,37)/t24-/m1/s1. The van der Waals surface area contributed by atoms with E-state index in [4.69, 9.17) is 4.98 Å². The average molecular weight is 501 g/mol. The van der Waals surface area contributed by atoms with Crippen molar-refractivity contribution in [3.8, 4) is 0 Å². The number of benzene rings is 1. The molecule has 2 saturated heterocycles. The molecule has 1 aromatic carbocycles. The van der Waals surface area contributed by atoms with Crippen molar-refractivity contribution in [1.29, 1.82) is 0 Å². The van der Waals surface area contributed by atoms with E-state index in [0.717, 1.165) is 69.2 Å². The minimum Gasteiger partial charge on any atom is -0.357 e. The van der Waals surface area contributed by atoms with Crippen molar-refractivity contribution >= 4 is 29.2 Å². The molecule has 2 aliphatic rings. The van der Waals surface area contributed by atoms with Crippen LogP contribution in [0.1, 0.15) is 37.2 Å². The molecule has 2 aliphatic heterocycles. The Kier molecular flexibility index (Phi) is 7.67. The van der Waals surface area contributed by atoms with E-state index in [1.165, 1.54) is 5.56 Å². The van der Waals surface area contributed by atoms with E-state index < -0.39 is 0 Å². The fourth-order valence-corrected chi connectivity index (χ4v) is 5.14. The fourth-order valence-electron chi connectivity index (χ4n) is 5.14. The fraction of sp³-hybridized carbons (Fsp3) is 0.429. The SMILES string of the molecule is CN(C)C(=O)N[C@@H]1CCCN(c2cncc(Nc3ccc(C4CCN(c5ccccn5)CC4)cc3)n2)C1. The van der Waals surface area contributed by atoms with Crippen molar-refractivity contribution < 1.29 is 4.79 Å². The van der Waals surface area contributed by atoms with E-state index in [1.807, 2.05) is 12.3 Å². The number of hydrogen-bond donors (Lipinski definition) is 2. The number of carbonyl (C=O) groups excluding carboxylic acids is 1. The quantitative estimate of drug-likeness (QED) is 0.523. The molecule has 0 radical (unpaired) electrons. The summed E-state index contributed by atoms with van der Waals surface area (Å²) in [4.78, 5) is 31.9. The molecule has 3 aromatic rings. The van der Waals surface area contributed by atoms with Gasteiger partial charge in [-0.3, -0.25) is 4.98 Å². The molecule has 194 valence electrons. The molecule has 1 atom stereocenters. The number of hydrogen-bond acceptors (Lipinski definition) is 7. The number of anilines is 4. The number of pyridine rings is 1. The molecule has 5 rings (SSSR count). The Balaban J connectivity index is 1.16. The third-order valence-electron chi connectivity index (χ3n) is 7.22. The Labute approximate surface area is 218 Å². The highest BCUT2D eigenvalue weighted by atomic mass is 16.2. The molecular formula is C28H36N8O. The first-order chi connectivity index (χ1) is 18.0. The summed E-state index contributed by atoms with van der Waals surface area (Å²) in [5, 5.41) is 6.50. The Hall–Kier alpha value is -3.88. The van der Waals surface area contributed by atoms with Crippen molar-refractivity contribution in [3.63, 3.8) is 0 Å². The molecular weight excluding hydrogens is 464 g/mol. The molecule has 0 spiro atoms. The van der Waals surface area contributed by atoms with E-state index in [9.17, 15) is 4.79 Å². The van der Waals surface area contributed by atoms with Crippen LogP contribution >= 0.6 is 0 Å². The molecule has 37 heavy (non-hydrogen) atoms. The highest BCUT2D eigenvalue weighted by Gasteiger charge is 2.24.